The Morgan fingerprint density at radius 3 is 2.62 bits per heavy atom. The van der Waals surface area contributed by atoms with E-state index in [1.54, 1.807) is 23.6 Å². The Kier molecular flexibility index (Phi) is 7.77. The van der Waals surface area contributed by atoms with Crippen LogP contribution in [0.4, 0.5) is 10.1 Å². The number of aryl methyl sites for hydroxylation is 1. The van der Waals surface area contributed by atoms with Gasteiger partial charge in [0.2, 0.25) is 5.91 Å². The van der Waals surface area contributed by atoms with Gasteiger partial charge in [0.05, 0.1) is 17.4 Å². The number of nitrogens with zero attached hydrogens (tertiary/aromatic N) is 3. The average molecular weight is 454 g/mol. The number of amides is 2. The van der Waals surface area contributed by atoms with E-state index in [1.165, 1.54) is 30.0 Å². The maximum atomic E-state index is 13.9. The molecule has 0 aliphatic rings. The highest BCUT2D eigenvalue weighted by Gasteiger charge is 2.21. The minimum atomic E-state index is -0.597. The van der Waals surface area contributed by atoms with E-state index in [0.717, 1.165) is 11.3 Å². The van der Waals surface area contributed by atoms with Crippen LogP contribution in [0.1, 0.15) is 34.7 Å². The molecule has 0 saturated carbocycles. The van der Waals surface area contributed by atoms with Crippen LogP contribution in [0, 0.1) is 12.7 Å². The molecular weight excluding hydrogens is 429 g/mol. The third-order valence-electron chi connectivity index (χ3n) is 4.66. The number of nitrogens with one attached hydrogen (secondary N) is 2. The van der Waals surface area contributed by atoms with Crippen molar-refractivity contribution >= 4 is 29.3 Å². The smallest absolute Gasteiger partial charge is 0.254 e. The number of hydrogen-bond donors (Lipinski definition) is 2. The number of carbonyl (C=O) groups is 2. The Bertz CT molecular complexity index is 1130. The predicted molar refractivity (Wildman–Crippen MR) is 123 cm³/mol. The van der Waals surface area contributed by atoms with Gasteiger partial charge in [-0.25, -0.2) is 4.39 Å². The predicted octanol–water partition coefficient (Wildman–Crippen LogP) is 4.13. The van der Waals surface area contributed by atoms with E-state index in [1.807, 2.05) is 31.2 Å². The average Bonchev–Trinajstić information content (AvgIpc) is 3.17. The second-order valence-electron chi connectivity index (χ2n) is 7.07. The van der Waals surface area contributed by atoms with Crippen LogP contribution in [0.2, 0.25) is 0 Å². The second kappa shape index (κ2) is 10.7. The van der Waals surface area contributed by atoms with Crippen LogP contribution in [-0.4, -0.2) is 32.3 Å². The van der Waals surface area contributed by atoms with Crippen molar-refractivity contribution in [3.63, 3.8) is 0 Å². The molecule has 1 unspecified atom stereocenters. The highest BCUT2D eigenvalue weighted by molar-refractivity contribution is 7.99. The molecule has 1 aromatic heterocycles. The second-order valence-corrected chi connectivity index (χ2v) is 8.01. The molecule has 9 heteroatoms. The molecule has 166 valence electrons. The summed E-state index contributed by atoms with van der Waals surface area (Å²) in [6, 6.07) is 12.8. The van der Waals surface area contributed by atoms with Gasteiger partial charge in [0.15, 0.2) is 11.0 Å². The lowest BCUT2D eigenvalue weighted by Gasteiger charge is -2.15. The minimum Gasteiger partial charge on any atom is -0.342 e. The molecule has 3 rings (SSSR count). The van der Waals surface area contributed by atoms with E-state index in [2.05, 4.69) is 27.4 Å². The molecule has 7 nitrogen and oxygen atoms in total. The van der Waals surface area contributed by atoms with Crippen molar-refractivity contribution in [3.05, 3.63) is 84.0 Å². The lowest BCUT2D eigenvalue weighted by molar-refractivity contribution is -0.113. The topological polar surface area (TPSA) is 88.9 Å². The van der Waals surface area contributed by atoms with E-state index < -0.39 is 17.8 Å². The first-order chi connectivity index (χ1) is 15.4. The van der Waals surface area contributed by atoms with Gasteiger partial charge in [0, 0.05) is 12.2 Å². The molecule has 0 aliphatic carbocycles. The summed E-state index contributed by atoms with van der Waals surface area (Å²) in [5.41, 5.74) is 1.69. The van der Waals surface area contributed by atoms with E-state index in [9.17, 15) is 14.0 Å². The number of aromatic nitrogens is 3. The van der Waals surface area contributed by atoms with Gasteiger partial charge in [-0.2, -0.15) is 0 Å². The van der Waals surface area contributed by atoms with E-state index in [-0.39, 0.29) is 17.2 Å². The lowest BCUT2D eigenvalue weighted by atomic mass is 10.2. The molecule has 0 bridgehead atoms. The summed E-state index contributed by atoms with van der Waals surface area (Å²) in [7, 11) is 0. The summed E-state index contributed by atoms with van der Waals surface area (Å²) in [4.78, 5) is 24.8. The van der Waals surface area contributed by atoms with Gasteiger partial charge in [0.25, 0.3) is 5.91 Å². The van der Waals surface area contributed by atoms with Gasteiger partial charge in [-0.1, -0.05) is 48.2 Å². The molecule has 2 aromatic carbocycles. The maximum absolute atomic E-state index is 13.9. The zero-order valence-corrected chi connectivity index (χ0v) is 18.7. The van der Waals surface area contributed by atoms with Crippen molar-refractivity contribution < 1.29 is 14.0 Å². The van der Waals surface area contributed by atoms with Crippen LogP contribution >= 0.6 is 11.8 Å². The normalized spacial score (nSPS) is 11.6. The highest BCUT2D eigenvalue weighted by atomic mass is 32.2. The number of allylic oxidation sites excluding steroid dienone is 1. The Labute approximate surface area is 190 Å². The van der Waals surface area contributed by atoms with Crippen molar-refractivity contribution in [1.29, 1.82) is 0 Å². The molecule has 1 atom stereocenters. The molecule has 0 saturated heterocycles. The number of thioether (sulfide) groups is 1. The molecule has 3 aromatic rings. The first-order valence-corrected chi connectivity index (χ1v) is 11.0. The van der Waals surface area contributed by atoms with Crippen molar-refractivity contribution in [3.8, 4) is 0 Å². The number of rotatable bonds is 9. The van der Waals surface area contributed by atoms with Crippen LogP contribution in [-0.2, 0) is 11.3 Å². The zero-order chi connectivity index (χ0) is 23.1. The fraction of sp³-hybridized carbons (Fsp3) is 0.217. The van der Waals surface area contributed by atoms with Gasteiger partial charge in [-0.3, -0.25) is 9.59 Å². The molecule has 2 N–H and O–H groups in total. The first kappa shape index (κ1) is 23.2. The Balaban J connectivity index is 1.68. The van der Waals surface area contributed by atoms with Gasteiger partial charge in [-0.15, -0.1) is 16.8 Å². The standard InChI is InChI=1S/C23H24FN5O2S/c1-4-13-29-21(16(3)25-22(31)17-10-6-7-11-18(17)24)27-28-23(29)32-14-20(30)26-19-12-8-5-9-15(19)2/h4-12,16H,1,13-14H2,2-3H3,(H,25,31)(H,26,30). The number of para-hydroxylation sites is 1. The Hall–Kier alpha value is -3.46. The molecule has 0 spiro atoms. The van der Waals surface area contributed by atoms with Gasteiger partial charge in [0.1, 0.15) is 5.82 Å². The van der Waals surface area contributed by atoms with Crippen LogP contribution in [0.3, 0.4) is 0 Å². The number of hydrogen-bond acceptors (Lipinski definition) is 5. The Morgan fingerprint density at radius 1 is 1.19 bits per heavy atom. The third kappa shape index (κ3) is 5.61. The lowest BCUT2D eigenvalue weighted by Crippen LogP contribution is -2.29. The Morgan fingerprint density at radius 2 is 1.91 bits per heavy atom. The van der Waals surface area contributed by atoms with Gasteiger partial charge < -0.3 is 15.2 Å². The van der Waals surface area contributed by atoms with Crippen LogP contribution in [0.25, 0.3) is 0 Å². The van der Waals surface area contributed by atoms with Crippen molar-refractivity contribution in [1.82, 2.24) is 20.1 Å². The van der Waals surface area contributed by atoms with Crippen LogP contribution in [0.15, 0.2) is 66.3 Å². The SMILES string of the molecule is C=CCn1c(SCC(=O)Nc2ccccc2C)nnc1C(C)NC(=O)c1ccccc1F. The molecule has 1 heterocycles. The molecule has 0 aliphatic heterocycles. The fourth-order valence-corrected chi connectivity index (χ4v) is 3.80. The fourth-order valence-electron chi connectivity index (χ4n) is 3.04. The summed E-state index contributed by atoms with van der Waals surface area (Å²) >= 11 is 1.23. The summed E-state index contributed by atoms with van der Waals surface area (Å²) in [6.07, 6.45) is 1.68. The molecule has 2 amide bonds. The molecule has 32 heavy (non-hydrogen) atoms. The first-order valence-electron chi connectivity index (χ1n) is 9.98. The quantitative estimate of drug-likeness (QED) is 0.376. The zero-order valence-electron chi connectivity index (χ0n) is 17.8. The monoisotopic (exact) mass is 453 g/mol. The van der Waals surface area contributed by atoms with Crippen LogP contribution < -0.4 is 10.6 Å². The number of anilines is 1. The van der Waals surface area contributed by atoms with Crippen molar-refractivity contribution in [2.75, 3.05) is 11.1 Å². The largest absolute Gasteiger partial charge is 0.342 e. The molecule has 0 fully saturated rings. The minimum absolute atomic E-state index is 0.0448. The summed E-state index contributed by atoms with van der Waals surface area (Å²) in [5.74, 6) is -0.688. The van der Waals surface area contributed by atoms with Gasteiger partial charge >= 0.3 is 0 Å². The van der Waals surface area contributed by atoms with Crippen molar-refractivity contribution in [2.45, 2.75) is 31.6 Å². The van der Waals surface area contributed by atoms with E-state index >= 15 is 0 Å². The van der Waals surface area contributed by atoms with E-state index in [0.29, 0.717) is 17.5 Å². The number of benzene rings is 2. The molecule has 0 radical (unpaired) electrons. The third-order valence-corrected chi connectivity index (χ3v) is 5.63. The van der Waals surface area contributed by atoms with Crippen molar-refractivity contribution in [2.24, 2.45) is 0 Å². The molecular formula is C23H24FN5O2S. The summed E-state index contributed by atoms with van der Waals surface area (Å²) in [6.45, 7) is 7.81. The number of halogens is 1. The van der Waals surface area contributed by atoms with Crippen LogP contribution in [0.5, 0.6) is 0 Å². The summed E-state index contributed by atoms with van der Waals surface area (Å²) < 4.78 is 15.7. The van der Waals surface area contributed by atoms with Gasteiger partial charge in [-0.05, 0) is 37.6 Å². The summed E-state index contributed by atoms with van der Waals surface area (Å²) in [5, 5.41) is 14.5. The number of carbonyl (C=O) groups excluding carboxylic acids is 2. The van der Waals surface area contributed by atoms with E-state index in [4.69, 9.17) is 0 Å². The maximum Gasteiger partial charge on any atom is 0.254 e. The highest BCUT2D eigenvalue weighted by Crippen LogP contribution is 2.22.